The molecule has 0 N–H and O–H groups in total. The van der Waals surface area contributed by atoms with E-state index in [4.69, 9.17) is 5.10 Å². The van der Waals surface area contributed by atoms with Crippen LogP contribution in [0.1, 0.15) is 51.6 Å². The van der Waals surface area contributed by atoms with Gasteiger partial charge in [-0.3, -0.25) is 0 Å². The molecule has 0 atom stereocenters. The van der Waals surface area contributed by atoms with Crippen LogP contribution in [0, 0.1) is 0 Å². The summed E-state index contributed by atoms with van der Waals surface area (Å²) < 4.78 is 4.03. The largest absolute Gasteiger partial charge is 0.241 e. The maximum Gasteiger partial charge on any atom is 0.136 e. The zero-order valence-electron chi connectivity index (χ0n) is 16.1. The molecule has 0 saturated heterocycles. The highest BCUT2D eigenvalue weighted by Gasteiger charge is 2.26. The summed E-state index contributed by atoms with van der Waals surface area (Å²) in [4.78, 5) is 4.10. The molecule has 134 valence electrons. The van der Waals surface area contributed by atoms with Gasteiger partial charge in [-0.25, -0.2) is 14.0 Å². The minimum absolute atomic E-state index is 0.0692. The van der Waals surface area contributed by atoms with Gasteiger partial charge in [0, 0.05) is 22.2 Å². The van der Waals surface area contributed by atoms with Crippen LogP contribution in [0.3, 0.4) is 0 Å². The summed E-state index contributed by atoms with van der Waals surface area (Å²) in [5.74, 6) is 0. The van der Waals surface area contributed by atoms with Gasteiger partial charge in [0.15, 0.2) is 0 Å². The van der Waals surface area contributed by atoms with Crippen molar-refractivity contribution in [3.05, 3.63) is 66.0 Å². The summed E-state index contributed by atoms with van der Waals surface area (Å²) >= 11 is 0. The lowest BCUT2D eigenvalue weighted by molar-refractivity contribution is 0.490. The standard InChI is InChI=1S/C21H25N5/c1-20(2,3)18-8-6-16-10-15(12-23-25(16)18)11-21(4,5)19-9-7-17-13-22-14-24-26(17)19/h6-10,12-14H,11H2,1-5H3. The van der Waals surface area contributed by atoms with Crippen molar-refractivity contribution in [3.8, 4) is 0 Å². The average Bonchev–Trinajstić information content (AvgIpc) is 3.18. The molecule has 4 aromatic heterocycles. The van der Waals surface area contributed by atoms with Crippen LogP contribution in [-0.4, -0.2) is 24.2 Å². The van der Waals surface area contributed by atoms with Crippen LogP contribution in [0.2, 0.25) is 0 Å². The first-order valence-electron chi connectivity index (χ1n) is 9.01. The molecule has 0 aromatic carbocycles. The Bertz CT molecular complexity index is 1080. The summed E-state index contributed by atoms with van der Waals surface area (Å²) in [6.45, 7) is 11.1. The number of fused-ring (bicyclic) bond motifs is 2. The van der Waals surface area contributed by atoms with Crippen LogP contribution in [0.25, 0.3) is 11.0 Å². The predicted octanol–water partition coefficient (Wildman–Crippen LogP) is 4.19. The fourth-order valence-corrected chi connectivity index (χ4v) is 3.68. The molecule has 0 amide bonds. The minimum atomic E-state index is -0.0692. The van der Waals surface area contributed by atoms with Gasteiger partial charge in [0.25, 0.3) is 0 Å². The highest BCUT2D eigenvalue weighted by atomic mass is 15.2. The summed E-state index contributed by atoms with van der Waals surface area (Å²) in [5, 5.41) is 9.13. The molecule has 0 unspecified atom stereocenters. The van der Waals surface area contributed by atoms with Crippen molar-refractivity contribution in [2.75, 3.05) is 0 Å². The molecule has 4 rings (SSSR count). The molecule has 4 heterocycles. The zero-order chi connectivity index (χ0) is 18.5. The third kappa shape index (κ3) is 2.77. The number of hydrogen-bond acceptors (Lipinski definition) is 3. The first kappa shape index (κ1) is 16.8. The van der Waals surface area contributed by atoms with Crippen molar-refractivity contribution >= 4 is 11.0 Å². The Labute approximate surface area is 153 Å². The second-order valence-corrected chi connectivity index (χ2v) is 8.69. The van der Waals surface area contributed by atoms with E-state index in [2.05, 4.69) is 79.5 Å². The van der Waals surface area contributed by atoms with Crippen molar-refractivity contribution in [2.24, 2.45) is 0 Å². The monoisotopic (exact) mass is 347 g/mol. The minimum Gasteiger partial charge on any atom is -0.241 e. The van der Waals surface area contributed by atoms with E-state index in [0.29, 0.717) is 0 Å². The first-order valence-corrected chi connectivity index (χ1v) is 9.01. The SMILES string of the molecule is CC(C)(C)c1ccc2cc(CC(C)(C)c3ccc4cncnn34)cnn12. The molecule has 5 nitrogen and oxygen atoms in total. The van der Waals surface area contributed by atoms with Gasteiger partial charge in [0.2, 0.25) is 0 Å². The molecule has 0 bridgehead atoms. The van der Waals surface area contributed by atoms with Gasteiger partial charge in [-0.1, -0.05) is 34.6 Å². The Hall–Kier alpha value is -2.69. The van der Waals surface area contributed by atoms with Crippen molar-refractivity contribution in [1.29, 1.82) is 0 Å². The third-order valence-electron chi connectivity index (χ3n) is 4.99. The smallest absolute Gasteiger partial charge is 0.136 e. The summed E-state index contributed by atoms with van der Waals surface area (Å²) in [7, 11) is 0. The van der Waals surface area contributed by atoms with Crippen LogP contribution in [-0.2, 0) is 17.3 Å². The van der Waals surface area contributed by atoms with Crippen molar-refractivity contribution in [1.82, 2.24) is 24.2 Å². The van der Waals surface area contributed by atoms with Gasteiger partial charge in [-0.15, -0.1) is 0 Å². The normalized spacial score (nSPS) is 13.0. The fraction of sp³-hybridized carbons (Fsp3) is 0.381. The molecule has 0 radical (unpaired) electrons. The van der Waals surface area contributed by atoms with E-state index in [1.807, 2.05) is 16.9 Å². The zero-order valence-corrected chi connectivity index (χ0v) is 16.1. The molecule has 0 aliphatic carbocycles. The van der Waals surface area contributed by atoms with E-state index < -0.39 is 0 Å². The molecule has 5 heteroatoms. The third-order valence-corrected chi connectivity index (χ3v) is 4.99. The average molecular weight is 347 g/mol. The second-order valence-electron chi connectivity index (χ2n) is 8.69. The van der Waals surface area contributed by atoms with Crippen LogP contribution in [0.4, 0.5) is 0 Å². The Balaban J connectivity index is 1.70. The lowest BCUT2D eigenvalue weighted by Crippen LogP contribution is -2.23. The molecule has 26 heavy (non-hydrogen) atoms. The van der Waals surface area contributed by atoms with Crippen molar-refractivity contribution in [3.63, 3.8) is 0 Å². The number of nitrogens with zero attached hydrogens (tertiary/aromatic N) is 5. The molecule has 0 aliphatic heterocycles. The van der Waals surface area contributed by atoms with Crippen molar-refractivity contribution < 1.29 is 0 Å². The molecule has 0 saturated carbocycles. The van der Waals surface area contributed by atoms with E-state index in [-0.39, 0.29) is 10.8 Å². The van der Waals surface area contributed by atoms with Crippen LogP contribution in [0.5, 0.6) is 0 Å². The maximum atomic E-state index is 4.72. The topological polar surface area (TPSA) is 47.5 Å². The summed E-state index contributed by atoms with van der Waals surface area (Å²) in [6, 6.07) is 10.8. The molecular formula is C21H25N5. The van der Waals surface area contributed by atoms with Gasteiger partial charge < -0.3 is 0 Å². The molecular weight excluding hydrogens is 322 g/mol. The van der Waals surface area contributed by atoms with Crippen molar-refractivity contribution in [2.45, 2.75) is 51.9 Å². The first-order chi connectivity index (χ1) is 12.3. The van der Waals surface area contributed by atoms with Crippen LogP contribution >= 0.6 is 0 Å². The molecule has 0 spiro atoms. The Kier molecular flexibility index (Phi) is 3.65. The second kappa shape index (κ2) is 5.66. The Morgan fingerprint density at radius 3 is 2.27 bits per heavy atom. The van der Waals surface area contributed by atoms with Crippen LogP contribution in [0.15, 0.2) is 49.1 Å². The summed E-state index contributed by atoms with van der Waals surface area (Å²) in [5.41, 5.74) is 5.81. The number of hydrogen-bond donors (Lipinski definition) is 0. The van der Waals surface area contributed by atoms with Gasteiger partial charge in [-0.2, -0.15) is 10.2 Å². The Morgan fingerprint density at radius 1 is 0.808 bits per heavy atom. The van der Waals surface area contributed by atoms with Gasteiger partial charge in [0.05, 0.1) is 23.4 Å². The van der Waals surface area contributed by atoms with E-state index >= 15 is 0 Å². The highest BCUT2D eigenvalue weighted by Crippen LogP contribution is 2.30. The predicted molar refractivity (Wildman–Crippen MR) is 104 cm³/mol. The number of aromatic nitrogens is 5. The maximum absolute atomic E-state index is 4.72. The van der Waals surface area contributed by atoms with Gasteiger partial charge in [-0.05, 0) is 42.3 Å². The Morgan fingerprint density at radius 2 is 1.50 bits per heavy atom. The van der Waals surface area contributed by atoms with Crippen LogP contribution < -0.4 is 0 Å². The molecule has 0 aliphatic rings. The van der Waals surface area contributed by atoms with Gasteiger partial charge in [0.1, 0.15) is 6.33 Å². The van der Waals surface area contributed by atoms with E-state index in [1.54, 1.807) is 6.33 Å². The summed E-state index contributed by atoms with van der Waals surface area (Å²) in [6.07, 6.45) is 6.32. The highest BCUT2D eigenvalue weighted by molar-refractivity contribution is 5.52. The quantitative estimate of drug-likeness (QED) is 0.558. The lowest BCUT2D eigenvalue weighted by Gasteiger charge is -2.24. The molecule has 4 aromatic rings. The lowest BCUT2D eigenvalue weighted by atomic mass is 9.83. The molecule has 0 fully saturated rings. The number of rotatable bonds is 3. The van der Waals surface area contributed by atoms with E-state index in [9.17, 15) is 0 Å². The van der Waals surface area contributed by atoms with E-state index in [0.717, 1.165) is 17.5 Å². The fourth-order valence-electron chi connectivity index (χ4n) is 3.68. The van der Waals surface area contributed by atoms with E-state index in [1.165, 1.54) is 17.0 Å². The van der Waals surface area contributed by atoms with Gasteiger partial charge >= 0.3 is 0 Å².